The monoisotopic (exact) mass is 394 g/mol. The molecule has 2 amide bonds. The first-order valence-electron chi connectivity index (χ1n) is 9.28. The number of nitrogens with zero attached hydrogens (tertiary/aromatic N) is 1. The molecule has 0 bridgehead atoms. The van der Waals surface area contributed by atoms with E-state index in [4.69, 9.17) is 4.74 Å². The van der Waals surface area contributed by atoms with Gasteiger partial charge in [0.05, 0.1) is 12.5 Å². The quantitative estimate of drug-likeness (QED) is 0.599. The molecule has 29 heavy (non-hydrogen) atoms. The number of carbonyl (C=O) groups excluding carboxylic acids is 4. The number of Topliss-reactive ketones (excluding diaryl/α,β-unsaturated/α-hetero) is 1. The number of ether oxygens (including phenoxy) is 1. The standard InChI is InChI=1S/C22H22N2O5/c1-14-6-8-16(9-7-14)19(25)13-29-22(28)18-11-20(26)24(12-18)23-21(27)17-5-3-4-15(2)10-17/h3-10,18H,11-13H2,1-2H3,(H,23,27)/t18-/m1/s1. The predicted octanol–water partition coefficient (Wildman–Crippen LogP) is 2.22. The zero-order chi connectivity index (χ0) is 21.0. The van der Waals surface area contributed by atoms with Gasteiger partial charge in [-0.2, -0.15) is 0 Å². The fourth-order valence-corrected chi connectivity index (χ4v) is 3.02. The van der Waals surface area contributed by atoms with Crippen molar-refractivity contribution >= 4 is 23.6 Å². The minimum Gasteiger partial charge on any atom is -0.457 e. The Morgan fingerprint density at radius 3 is 2.45 bits per heavy atom. The molecule has 3 rings (SSSR count). The van der Waals surface area contributed by atoms with Gasteiger partial charge < -0.3 is 4.74 Å². The van der Waals surface area contributed by atoms with Gasteiger partial charge in [0.25, 0.3) is 5.91 Å². The van der Waals surface area contributed by atoms with Crippen molar-refractivity contribution in [2.45, 2.75) is 20.3 Å². The molecule has 0 saturated carbocycles. The highest BCUT2D eigenvalue weighted by atomic mass is 16.5. The molecule has 1 aliphatic heterocycles. The van der Waals surface area contributed by atoms with Crippen LogP contribution in [0, 0.1) is 19.8 Å². The van der Waals surface area contributed by atoms with Gasteiger partial charge in [-0.1, -0.05) is 47.5 Å². The van der Waals surface area contributed by atoms with E-state index in [1.54, 1.807) is 42.5 Å². The van der Waals surface area contributed by atoms with Crippen molar-refractivity contribution < 1.29 is 23.9 Å². The van der Waals surface area contributed by atoms with Crippen molar-refractivity contribution in [3.8, 4) is 0 Å². The smallest absolute Gasteiger partial charge is 0.311 e. The molecule has 1 N–H and O–H groups in total. The van der Waals surface area contributed by atoms with Crippen LogP contribution >= 0.6 is 0 Å². The highest BCUT2D eigenvalue weighted by molar-refractivity contribution is 5.99. The number of benzene rings is 2. The molecule has 0 radical (unpaired) electrons. The second-order valence-corrected chi connectivity index (χ2v) is 7.11. The maximum Gasteiger partial charge on any atom is 0.311 e. The zero-order valence-corrected chi connectivity index (χ0v) is 16.3. The summed E-state index contributed by atoms with van der Waals surface area (Å²) in [7, 11) is 0. The van der Waals surface area contributed by atoms with Crippen molar-refractivity contribution in [3.05, 3.63) is 70.8 Å². The van der Waals surface area contributed by atoms with Gasteiger partial charge in [-0.3, -0.25) is 29.6 Å². The Balaban J connectivity index is 1.52. The van der Waals surface area contributed by atoms with E-state index in [0.29, 0.717) is 11.1 Å². The number of nitrogens with one attached hydrogen (secondary N) is 1. The summed E-state index contributed by atoms with van der Waals surface area (Å²) in [5.74, 6) is -2.48. The number of amides is 2. The SMILES string of the molecule is Cc1ccc(C(=O)COC(=O)[C@@H]2CC(=O)N(NC(=O)c3cccc(C)c3)C2)cc1. The van der Waals surface area contributed by atoms with Crippen LogP contribution in [0.25, 0.3) is 0 Å². The largest absolute Gasteiger partial charge is 0.457 e. The molecular weight excluding hydrogens is 372 g/mol. The molecule has 1 aliphatic rings. The van der Waals surface area contributed by atoms with Gasteiger partial charge in [0, 0.05) is 17.5 Å². The van der Waals surface area contributed by atoms with Gasteiger partial charge in [-0.05, 0) is 26.0 Å². The number of ketones is 1. The summed E-state index contributed by atoms with van der Waals surface area (Å²) in [5, 5.41) is 1.12. The molecule has 0 aromatic heterocycles. The lowest BCUT2D eigenvalue weighted by Gasteiger charge is -2.17. The fraction of sp³-hybridized carbons (Fsp3) is 0.273. The van der Waals surface area contributed by atoms with E-state index in [1.807, 2.05) is 19.9 Å². The van der Waals surface area contributed by atoms with Crippen molar-refractivity contribution in [1.82, 2.24) is 10.4 Å². The number of hydrogen-bond acceptors (Lipinski definition) is 5. The van der Waals surface area contributed by atoms with Gasteiger partial charge in [-0.15, -0.1) is 0 Å². The van der Waals surface area contributed by atoms with Crippen LogP contribution in [0.1, 0.15) is 38.3 Å². The van der Waals surface area contributed by atoms with Gasteiger partial charge in [0.2, 0.25) is 5.91 Å². The number of hydrazine groups is 1. The normalized spacial score (nSPS) is 15.9. The van der Waals surface area contributed by atoms with Crippen LogP contribution in [-0.2, 0) is 14.3 Å². The molecule has 2 aromatic rings. The molecule has 1 heterocycles. The van der Waals surface area contributed by atoms with Crippen LogP contribution in [0.15, 0.2) is 48.5 Å². The Hall–Kier alpha value is -3.48. The zero-order valence-electron chi connectivity index (χ0n) is 16.3. The molecule has 150 valence electrons. The van der Waals surface area contributed by atoms with Crippen LogP contribution in [0.5, 0.6) is 0 Å². The second-order valence-electron chi connectivity index (χ2n) is 7.11. The summed E-state index contributed by atoms with van der Waals surface area (Å²) in [6.45, 7) is 3.40. The van der Waals surface area contributed by atoms with Gasteiger partial charge in [0.1, 0.15) is 0 Å². The van der Waals surface area contributed by atoms with Crippen molar-refractivity contribution in [2.75, 3.05) is 13.2 Å². The molecule has 0 unspecified atom stereocenters. The Morgan fingerprint density at radius 1 is 1.03 bits per heavy atom. The van der Waals surface area contributed by atoms with Crippen LogP contribution in [-0.4, -0.2) is 41.7 Å². The molecular formula is C22H22N2O5. The Bertz CT molecular complexity index is 952. The van der Waals surface area contributed by atoms with E-state index < -0.39 is 17.8 Å². The summed E-state index contributed by atoms with van der Waals surface area (Å²) in [4.78, 5) is 48.8. The molecule has 1 saturated heterocycles. The third kappa shape index (κ3) is 5.07. The fourth-order valence-electron chi connectivity index (χ4n) is 3.02. The van der Waals surface area contributed by atoms with E-state index >= 15 is 0 Å². The topological polar surface area (TPSA) is 92.8 Å². The molecule has 1 atom stereocenters. The molecule has 0 spiro atoms. The number of rotatable bonds is 6. The van der Waals surface area contributed by atoms with Gasteiger partial charge in [0.15, 0.2) is 12.4 Å². The number of aryl methyl sites for hydroxylation is 2. The van der Waals surface area contributed by atoms with Crippen molar-refractivity contribution in [3.63, 3.8) is 0 Å². The maximum atomic E-state index is 12.3. The van der Waals surface area contributed by atoms with Gasteiger partial charge in [-0.25, -0.2) is 0 Å². The summed E-state index contributed by atoms with van der Waals surface area (Å²) < 4.78 is 5.09. The number of esters is 1. The van der Waals surface area contributed by atoms with Gasteiger partial charge >= 0.3 is 5.97 Å². The van der Waals surface area contributed by atoms with E-state index in [9.17, 15) is 19.2 Å². The van der Waals surface area contributed by atoms with E-state index in [1.165, 1.54) is 0 Å². The van der Waals surface area contributed by atoms with Crippen LogP contribution < -0.4 is 5.43 Å². The van der Waals surface area contributed by atoms with Crippen LogP contribution in [0.2, 0.25) is 0 Å². The average molecular weight is 394 g/mol. The highest BCUT2D eigenvalue weighted by Crippen LogP contribution is 2.18. The number of carbonyl (C=O) groups is 4. The molecule has 7 nitrogen and oxygen atoms in total. The Morgan fingerprint density at radius 2 is 1.76 bits per heavy atom. The second kappa shape index (κ2) is 8.68. The highest BCUT2D eigenvalue weighted by Gasteiger charge is 2.36. The summed E-state index contributed by atoms with van der Waals surface area (Å²) in [5.41, 5.74) is 5.35. The van der Waals surface area contributed by atoms with Crippen molar-refractivity contribution in [1.29, 1.82) is 0 Å². The van der Waals surface area contributed by atoms with Crippen LogP contribution in [0.3, 0.4) is 0 Å². The molecule has 0 aliphatic carbocycles. The maximum absolute atomic E-state index is 12.3. The molecule has 2 aromatic carbocycles. The average Bonchev–Trinajstić information content (AvgIpc) is 3.07. The predicted molar refractivity (Wildman–Crippen MR) is 105 cm³/mol. The first-order valence-corrected chi connectivity index (χ1v) is 9.28. The van der Waals surface area contributed by atoms with E-state index in [2.05, 4.69) is 5.43 Å². The molecule has 1 fully saturated rings. The lowest BCUT2D eigenvalue weighted by Crippen LogP contribution is -2.43. The molecule has 7 heteroatoms. The lowest BCUT2D eigenvalue weighted by molar-refractivity contribution is -0.147. The third-order valence-corrected chi connectivity index (χ3v) is 4.69. The first-order chi connectivity index (χ1) is 13.8. The lowest BCUT2D eigenvalue weighted by atomic mass is 10.1. The minimum absolute atomic E-state index is 0.00788. The minimum atomic E-state index is -0.730. The summed E-state index contributed by atoms with van der Waals surface area (Å²) >= 11 is 0. The Kier molecular flexibility index (Phi) is 6.07. The van der Waals surface area contributed by atoms with E-state index in [-0.39, 0.29) is 31.3 Å². The summed E-state index contributed by atoms with van der Waals surface area (Å²) in [6, 6.07) is 13.9. The first kappa shape index (κ1) is 20.3. The number of hydrogen-bond donors (Lipinski definition) is 1. The van der Waals surface area contributed by atoms with Crippen molar-refractivity contribution in [2.24, 2.45) is 5.92 Å². The Labute approximate surface area is 168 Å². The van der Waals surface area contributed by atoms with Crippen LogP contribution in [0.4, 0.5) is 0 Å². The van der Waals surface area contributed by atoms with E-state index in [0.717, 1.165) is 16.1 Å². The summed E-state index contributed by atoms with van der Waals surface area (Å²) in [6.07, 6.45) is -0.0777. The third-order valence-electron chi connectivity index (χ3n) is 4.69.